The Hall–Kier alpha value is -6.36. The Morgan fingerprint density at radius 3 is 1.53 bits per heavy atom. The first kappa shape index (κ1) is 36.4. The maximum Gasteiger partial charge on any atom is 0.339 e. The highest BCUT2D eigenvalue weighted by molar-refractivity contribution is 6.00. The minimum atomic E-state index is -1.04. The third-order valence-corrected chi connectivity index (χ3v) is 9.19. The molecule has 4 aromatic carbocycles. The van der Waals surface area contributed by atoms with Crippen molar-refractivity contribution in [3.05, 3.63) is 114 Å². The summed E-state index contributed by atoms with van der Waals surface area (Å²) in [5.74, 6) is 1.30. The van der Waals surface area contributed by atoms with Gasteiger partial charge in [0.2, 0.25) is 0 Å². The number of hydrogen-bond acceptors (Lipinski definition) is 9. The van der Waals surface area contributed by atoms with Gasteiger partial charge in [-0.1, -0.05) is 31.4 Å². The molecule has 6 aromatic rings. The summed E-state index contributed by atoms with van der Waals surface area (Å²) in [6, 6.07) is 29.5. The van der Waals surface area contributed by atoms with Gasteiger partial charge >= 0.3 is 11.9 Å². The highest BCUT2D eigenvalue weighted by Crippen LogP contribution is 2.34. The smallest absolute Gasteiger partial charge is 0.339 e. The van der Waals surface area contributed by atoms with Crippen molar-refractivity contribution in [2.75, 3.05) is 31.5 Å². The van der Waals surface area contributed by atoms with Crippen LogP contribution in [0.5, 0.6) is 17.2 Å². The molecule has 0 unspecified atom stereocenters. The standard InChI is InChI=1S/C23H24N2O3.C19H18N2O4/c1-28-19-12-9-17-13-20(23(26)27)22(25-21(17)14-19)24-18-10-7-16(8-11-18)15-5-3-2-4-6-15;1-3-25-14-8-5-13(6-9-14)20-18-16(19(22)23)10-12-4-7-15(24-2)11-17(12)21-18/h7-15H,2-6H2,1H3,(H,24,25)(H,26,27);4-11H,3H2,1-2H3,(H,20,21)(H,22,23). The Balaban J connectivity index is 0.000000183. The number of hydrogen-bond donors (Lipinski definition) is 4. The number of fused-ring (bicyclic) bond motifs is 2. The van der Waals surface area contributed by atoms with Crippen LogP contribution in [0.3, 0.4) is 0 Å². The molecule has 7 rings (SSSR count). The normalized spacial score (nSPS) is 12.7. The predicted molar refractivity (Wildman–Crippen MR) is 207 cm³/mol. The van der Waals surface area contributed by atoms with Gasteiger partial charge in [0, 0.05) is 34.3 Å². The Bertz CT molecular complexity index is 2220. The van der Waals surface area contributed by atoms with Crippen molar-refractivity contribution in [1.29, 1.82) is 0 Å². The van der Waals surface area contributed by atoms with Crippen LogP contribution in [0.1, 0.15) is 71.2 Å². The molecule has 2 aromatic heterocycles. The Morgan fingerprint density at radius 1 is 0.642 bits per heavy atom. The second-order valence-electron chi connectivity index (χ2n) is 12.7. The second kappa shape index (κ2) is 16.8. The first-order chi connectivity index (χ1) is 25.7. The summed E-state index contributed by atoms with van der Waals surface area (Å²) < 4.78 is 15.9. The van der Waals surface area contributed by atoms with Crippen LogP contribution in [-0.2, 0) is 0 Å². The highest BCUT2D eigenvalue weighted by Gasteiger charge is 2.18. The van der Waals surface area contributed by atoms with Gasteiger partial charge in [0.1, 0.15) is 40.0 Å². The zero-order valence-corrected chi connectivity index (χ0v) is 29.9. The fourth-order valence-corrected chi connectivity index (χ4v) is 6.41. The van der Waals surface area contributed by atoms with Gasteiger partial charge in [0.05, 0.1) is 31.9 Å². The van der Waals surface area contributed by atoms with Crippen molar-refractivity contribution in [3.8, 4) is 17.2 Å². The first-order valence-electron chi connectivity index (χ1n) is 17.6. The number of aromatic carboxylic acids is 2. The molecule has 4 N–H and O–H groups in total. The van der Waals surface area contributed by atoms with E-state index in [4.69, 9.17) is 14.2 Å². The number of nitrogens with zero attached hydrogens (tertiary/aromatic N) is 2. The highest BCUT2D eigenvalue weighted by atomic mass is 16.5. The molecule has 1 aliphatic carbocycles. The molecule has 272 valence electrons. The summed E-state index contributed by atoms with van der Waals surface area (Å²) in [5, 5.41) is 26.8. The lowest BCUT2D eigenvalue weighted by Crippen LogP contribution is -2.06. The molecule has 0 amide bonds. The number of pyridine rings is 2. The van der Waals surface area contributed by atoms with Crippen LogP contribution in [0, 0.1) is 0 Å². The van der Waals surface area contributed by atoms with Crippen LogP contribution in [0.15, 0.2) is 97.1 Å². The van der Waals surface area contributed by atoms with Crippen LogP contribution >= 0.6 is 0 Å². The van der Waals surface area contributed by atoms with E-state index < -0.39 is 11.9 Å². The number of nitrogens with one attached hydrogen (secondary N) is 2. The van der Waals surface area contributed by atoms with E-state index in [0.29, 0.717) is 40.9 Å². The van der Waals surface area contributed by atoms with Crippen molar-refractivity contribution in [2.45, 2.75) is 44.9 Å². The van der Waals surface area contributed by atoms with E-state index in [9.17, 15) is 19.8 Å². The number of carbonyl (C=O) groups is 2. The third-order valence-electron chi connectivity index (χ3n) is 9.19. The molecule has 0 bridgehead atoms. The maximum atomic E-state index is 11.7. The Labute approximate surface area is 307 Å². The Morgan fingerprint density at radius 2 is 1.09 bits per heavy atom. The average Bonchev–Trinajstić information content (AvgIpc) is 3.18. The SMILES string of the molecule is CCOc1ccc(Nc2nc3cc(OC)ccc3cc2C(=O)O)cc1.COc1ccc2cc(C(=O)O)c(Nc3ccc(C4CCCCC4)cc3)nc2c1. The molecule has 53 heavy (non-hydrogen) atoms. The fraction of sp³-hybridized carbons (Fsp3) is 0.238. The van der Waals surface area contributed by atoms with Crippen molar-refractivity contribution in [2.24, 2.45) is 0 Å². The largest absolute Gasteiger partial charge is 0.497 e. The number of aromatic nitrogens is 2. The van der Waals surface area contributed by atoms with Gasteiger partial charge in [-0.3, -0.25) is 0 Å². The van der Waals surface area contributed by atoms with Gasteiger partial charge in [-0.05, 0) is 104 Å². The molecule has 0 atom stereocenters. The van der Waals surface area contributed by atoms with Crippen molar-refractivity contribution in [1.82, 2.24) is 9.97 Å². The predicted octanol–water partition coefficient (Wildman–Crippen LogP) is 9.82. The van der Waals surface area contributed by atoms with Gasteiger partial charge in [-0.2, -0.15) is 0 Å². The van der Waals surface area contributed by atoms with E-state index in [1.807, 2.05) is 49.4 Å². The summed E-state index contributed by atoms with van der Waals surface area (Å²) in [4.78, 5) is 32.3. The molecule has 11 nitrogen and oxygen atoms in total. The topological polar surface area (TPSA) is 152 Å². The van der Waals surface area contributed by atoms with Crippen molar-refractivity contribution >= 4 is 56.8 Å². The molecule has 1 aliphatic rings. The molecular formula is C42H42N4O7. The zero-order chi connectivity index (χ0) is 37.3. The summed E-state index contributed by atoms with van der Waals surface area (Å²) in [6.07, 6.45) is 6.45. The minimum absolute atomic E-state index is 0.103. The van der Waals surface area contributed by atoms with Crippen LogP contribution in [-0.4, -0.2) is 52.9 Å². The molecule has 1 fully saturated rings. The van der Waals surface area contributed by atoms with Crippen molar-refractivity contribution < 1.29 is 34.0 Å². The fourth-order valence-electron chi connectivity index (χ4n) is 6.41. The quantitative estimate of drug-likeness (QED) is 0.101. The molecule has 0 aliphatic heterocycles. The van der Waals surface area contributed by atoms with E-state index in [-0.39, 0.29) is 16.9 Å². The molecule has 0 spiro atoms. The van der Waals surface area contributed by atoms with Gasteiger partial charge in [-0.15, -0.1) is 0 Å². The number of carboxylic acids is 2. The molecule has 0 saturated heterocycles. The molecule has 0 radical (unpaired) electrons. The lowest BCUT2D eigenvalue weighted by molar-refractivity contribution is 0.0687. The van der Waals surface area contributed by atoms with E-state index >= 15 is 0 Å². The van der Waals surface area contributed by atoms with Crippen molar-refractivity contribution in [3.63, 3.8) is 0 Å². The minimum Gasteiger partial charge on any atom is -0.497 e. The van der Waals surface area contributed by atoms with E-state index in [1.54, 1.807) is 56.7 Å². The second-order valence-corrected chi connectivity index (χ2v) is 12.7. The molecule has 1 saturated carbocycles. The van der Waals surface area contributed by atoms with E-state index in [0.717, 1.165) is 27.9 Å². The maximum absolute atomic E-state index is 11.7. The van der Waals surface area contributed by atoms with E-state index in [1.165, 1.54) is 37.7 Å². The molecular weight excluding hydrogens is 672 g/mol. The summed E-state index contributed by atoms with van der Waals surface area (Å²) >= 11 is 0. The number of ether oxygens (including phenoxy) is 3. The number of carboxylic acid groups (broad SMARTS) is 2. The summed E-state index contributed by atoms with van der Waals surface area (Å²) in [7, 11) is 3.17. The van der Waals surface area contributed by atoms with Gasteiger partial charge in [0.25, 0.3) is 0 Å². The number of benzene rings is 4. The first-order valence-corrected chi connectivity index (χ1v) is 17.6. The van der Waals surface area contributed by atoms with Crippen LogP contribution in [0.4, 0.5) is 23.0 Å². The van der Waals surface area contributed by atoms with Gasteiger partial charge < -0.3 is 35.1 Å². The Kier molecular flexibility index (Phi) is 11.5. The number of methoxy groups -OCH3 is 2. The lowest BCUT2D eigenvalue weighted by Gasteiger charge is -2.22. The number of rotatable bonds is 11. The summed E-state index contributed by atoms with van der Waals surface area (Å²) in [6.45, 7) is 2.50. The van der Waals surface area contributed by atoms with Gasteiger partial charge in [-0.25, -0.2) is 19.6 Å². The van der Waals surface area contributed by atoms with Crippen LogP contribution in [0.25, 0.3) is 21.8 Å². The molecule has 2 heterocycles. The van der Waals surface area contributed by atoms with Crippen LogP contribution < -0.4 is 24.8 Å². The lowest BCUT2D eigenvalue weighted by atomic mass is 9.84. The number of anilines is 4. The van der Waals surface area contributed by atoms with Gasteiger partial charge in [0.15, 0.2) is 0 Å². The summed E-state index contributed by atoms with van der Waals surface area (Å²) in [5.41, 5.74) is 4.50. The third kappa shape index (κ3) is 8.93. The van der Waals surface area contributed by atoms with E-state index in [2.05, 4.69) is 32.7 Å². The average molecular weight is 715 g/mol. The van der Waals surface area contributed by atoms with Crippen LogP contribution in [0.2, 0.25) is 0 Å². The monoisotopic (exact) mass is 714 g/mol. The molecule has 11 heteroatoms. The zero-order valence-electron chi connectivity index (χ0n) is 29.9.